The smallest absolute Gasteiger partial charge is 0.203 e. The first-order chi connectivity index (χ1) is 13.1. The van der Waals surface area contributed by atoms with Crippen molar-refractivity contribution >= 4 is 35.1 Å². The number of benzene rings is 1. The summed E-state index contributed by atoms with van der Waals surface area (Å²) in [5, 5.41) is 0.892. The van der Waals surface area contributed by atoms with Crippen molar-refractivity contribution in [2.24, 2.45) is 0 Å². The quantitative estimate of drug-likeness (QED) is 0.619. The largest absolute Gasteiger partial charge is 0.493 e. The molecule has 2 heterocycles. The fourth-order valence-corrected chi connectivity index (χ4v) is 6.41. The number of hydrogen-bond acceptors (Lipinski definition) is 6. The van der Waals surface area contributed by atoms with Crippen molar-refractivity contribution in [1.29, 1.82) is 0 Å². The Morgan fingerprint density at radius 1 is 1.07 bits per heavy atom. The Bertz CT molecular complexity index is 702. The molecule has 0 aromatic heterocycles. The Hall–Kier alpha value is -0.950. The Kier molecular flexibility index (Phi) is 7.31. The third-order valence-corrected chi connectivity index (χ3v) is 8.29. The van der Waals surface area contributed by atoms with Gasteiger partial charge in [-0.25, -0.2) is 0 Å². The van der Waals surface area contributed by atoms with E-state index in [0.29, 0.717) is 30.5 Å². The van der Waals surface area contributed by atoms with E-state index in [-0.39, 0.29) is 4.08 Å². The summed E-state index contributed by atoms with van der Waals surface area (Å²) in [7, 11) is 4.92. The van der Waals surface area contributed by atoms with Gasteiger partial charge in [0.15, 0.2) is 11.5 Å². The molecule has 27 heavy (non-hydrogen) atoms. The lowest BCUT2D eigenvalue weighted by Crippen LogP contribution is -2.21. The number of thioether (sulfide) groups is 2. The van der Waals surface area contributed by atoms with E-state index in [0.717, 1.165) is 34.1 Å². The summed E-state index contributed by atoms with van der Waals surface area (Å²) in [5.41, 5.74) is 2.18. The summed E-state index contributed by atoms with van der Waals surface area (Å²) in [6.07, 6.45) is 6.34. The highest BCUT2D eigenvalue weighted by molar-refractivity contribution is 8.18. The van der Waals surface area contributed by atoms with Crippen molar-refractivity contribution in [3.05, 3.63) is 40.5 Å². The van der Waals surface area contributed by atoms with E-state index >= 15 is 0 Å². The summed E-state index contributed by atoms with van der Waals surface area (Å²) in [5.74, 6) is 4.14. The van der Waals surface area contributed by atoms with Crippen LogP contribution in [0.3, 0.4) is 0 Å². The van der Waals surface area contributed by atoms with Gasteiger partial charge >= 0.3 is 0 Å². The van der Waals surface area contributed by atoms with E-state index in [4.69, 9.17) is 30.5 Å². The second-order valence-corrected chi connectivity index (χ2v) is 9.59. The minimum atomic E-state index is -0.229. The molecular formula is C20H25ClO4S2. The number of methoxy groups -OCH3 is 3. The molecule has 3 rings (SSSR count). The van der Waals surface area contributed by atoms with E-state index in [1.807, 2.05) is 35.7 Å². The molecule has 0 unspecified atom stereocenters. The first-order valence-electron chi connectivity index (χ1n) is 8.86. The molecule has 2 aliphatic heterocycles. The number of rotatable bonds is 6. The van der Waals surface area contributed by atoms with E-state index < -0.39 is 0 Å². The van der Waals surface area contributed by atoms with Crippen LogP contribution in [0.2, 0.25) is 0 Å². The topological polar surface area (TPSA) is 36.9 Å². The van der Waals surface area contributed by atoms with Crippen LogP contribution in [0.15, 0.2) is 34.9 Å². The average Bonchev–Trinajstić information content (AvgIpc) is 2.72. The van der Waals surface area contributed by atoms with Gasteiger partial charge in [-0.15, -0.1) is 23.5 Å². The predicted molar refractivity (Wildman–Crippen MR) is 115 cm³/mol. The second kappa shape index (κ2) is 9.50. The maximum atomic E-state index is 6.40. The van der Waals surface area contributed by atoms with Crippen LogP contribution in [0.1, 0.15) is 18.4 Å². The molecule has 0 spiro atoms. The van der Waals surface area contributed by atoms with Gasteiger partial charge in [0.2, 0.25) is 5.75 Å². The number of ether oxygens (including phenoxy) is 4. The molecule has 0 N–H and O–H groups in total. The summed E-state index contributed by atoms with van der Waals surface area (Å²) in [6, 6.07) is 4.09. The van der Waals surface area contributed by atoms with Crippen LogP contribution in [0.25, 0.3) is 0 Å². The van der Waals surface area contributed by atoms with Gasteiger partial charge in [-0.1, -0.05) is 23.8 Å². The Balaban J connectivity index is 2.04. The van der Waals surface area contributed by atoms with Crippen molar-refractivity contribution in [3.8, 4) is 17.2 Å². The van der Waals surface area contributed by atoms with Crippen LogP contribution in [0.4, 0.5) is 0 Å². The molecule has 0 aliphatic carbocycles. The summed E-state index contributed by atoms with van der Waals surface area (Å²) in [4.78, 5) is 0. The lowest BCUT2D eigenvalue weighted by atomic mass is 10.1. The maximum Gasteiger partial charge on any atom is 0.203 e. The highest BCUT2D eigenvalue weighted by Crippen LogP contribution is 2.54. The van der Waals surface area contributed by atoms with Crippen LogP contribution in [0, 0.1) is 0 Å². The van der Waals surface area contributed by atoms with Gasteiger partial charge in [-0.3, -0.25) is 0 Å². The van der Waals surface area contributed by atoms with E-state index in [9.17, 15) is 0 Å². The van der Waals surface area contributed by atoms with Crippen molar-refractivity contribution < 1.29 is 18.9 Å². The van der Waals surface area contributed by atoms with Gasteiger partial charge in [0.1, 0.15) is 4.08 Å². The fraction of sp³-hybridized carbons (Fsp3) is 0.500. The number of halogens is 1. The standard InChI is InChI=1S/C20H25ClO4S2/c1-22-17-11-15(12-18(23-2)19(17)24-3)20(26-9-4-10-27-20)7-5-14-13-25-8-6-16(14)21/h5,7,11-12H,4,6,8-10,13H2,1-3H3/b7-5+. The molecule has 0 atom stereocenters. The molecule has 4 nitrogen and oxygen atoms in total. The van der Waals surface area contributed by atoms with Crippen molar-refractivity contribution in [1.82, 2.24) is 0 Å². The lowest BCUT2D eigenvalue weighted by Gasteiger charge is -2.35. The van der Waals surface area contributed by atoms with Gasteiger partial charge < -0.3 is 18.9 Å². The number of hydrogen-bond donors (Lipinski definition) is 0. The molecule has 7 heteroatoms. The molecule has 0 amide bonds. The van der Waals surface area contributed by atoms with Crippen LogP contribution in [-0.4, -0.2) is 46.0 Å². The minimum Gasteiger partial charge on any atom is -0.493 e. The molecule has 148 valence electrons. The van der Waals surface area contributed by atoms with Gasteiger partial charge in [-0.2, -0.15) is 0 Å². The molecule has 1 fully saturated rings. The lowest BCUT2D eigenvalue weighted by molar-refractivity contribution is 0.151. The zero-order valence-electron chi connectivity index (χ0n) is 15.9. The first kappa shape index (κ1) is 20.8. The summed E-state index contributed by atoms with van der Waals surface area (Å²) < 4.78 is 22.0. The Labute approximate surface area is 174 Å². The third-order valence-electron chi connectivity index (χ3n) is 4.56. The summed E-state index contributed by atoms with van der Waals surface area (Å²) >= 11 is 10.3. The van der Waals surface area contributed by atoms with E-state index in [1.165, 1.54) is 6.42 Å². The average molecular weight is 429 g/mol. The molecule has 0 radical (unpaired) electrons. The van der Waals surface area contributed by atoms with E-state index in [1.54, 1.807) is 21.3 Å². The zero-order valence-corrected chi connectivity index (χ0v) is 18.3. The zero-order chi connectivity index (χ0) is 19.3. The van der Waals surface area contributed by atoms with Gasteiger partial charge in [-0.05, 0) is 41.2 Å². The normalized spacial score (nSPS) is 20.0. The van der Waals surface area contributed by atoms with Crippen LogP contribution in [0.5, 0.6) is 17.2 Å². The van der Waals surface area contributed by atoms with Crippen LogP contribution < -0.4 is 14.2 Å². The third kappa shape index (κ3) is 4.56. The van der Waals surface area contributed by atoms with Gasteiger partial charge in [0.05, 0.1) is 34.5 Å². The molecule has 0 bridgehead atoms. The Morgan fingerprint density at radius 2 is 1.74 bits per heavy atom. The predicted octanol–water partition coefficient (Wildman–Crippen LogP) is 5.20. The molecule has 1 saturated heterocycles. The van der Waals surface area contributed by atoms with Gasteiger partial charge in [0.25, 0.3) is 0 Å². The van der Waals surface area contributed by atoms with Crippen molar-refractivity contribution in [3.63, 3.8) is 0 Å². The molecular weight excluding hydrogens is 404 g/mol. The minimum absolute atomic E-state index is 0.229. The van der Waals surface area contributed by atoms with Gasteiger partial charge in [0, 0.05) is 11.5 Å². The highest BCUT2D eigenvalue weighted by atomic mass is 35.5. The van der Waals surface area contributed by atoms with E-state index in [2.05, 4.69) is 12.2 Å². The highest BCUT2D eigenvalue weighted by Gasteiger charge is 2.35. The SMILES string of the molecule is COc1cc(C2(/C=C/C3=C(Cl)CCOC3)SCCCS2)cc(OC)c1OC. The molecule has 2 aliphatic rings. The molecule has 0 saturated carbocycles. The molecule has 1 aromatic rings. The van der Waals surface area contributed by atoms with Crippen molar-refractivity contribution in [2.45, 2.75) is 16.9 Å². The fourth-order valence-electron chi connectivity index (χ4n) is 3.12. The Morgan fingerprint density at radius 3 is 2.30 bits per heavy atom. The summed E-state index contributed by atoms with van der Waals surface area (Å²) in [6.45, 7) is 1.26. The monoisotopic (exact) mass is 428 g/mol. The second-order valence-electron chi connectivity index (χ2n) is 6.20. The molecule has 1 aromatic carbocycles. The van der Waals surface area contributed by atoms with Crippen LogP contribution >= 0.6 is 35.1 Å². The maximum absolute atomic E-state index is 6.40. The van der Waals surface area contributed by atoms with Crippen molar-refractivity contribution in [2.75, 3.05) is 46.0 Å². The van der Waals surface area contributed by atoms with Crippen LogP contribution in [-0.2, 0) is 8.82 Å². The first-order valence-corrected chi connectivity index (χ1v) is 11.2.